The van der Waals surface area contributed by atoms with Crippen molar-refractivity contribution in [3.8, 4) is 0 Å². The molecule has 0 radical (unpaired) electrons. The van der Waals surface area contributed by atoms with Gasteiger partial charge in [-0.2, -0.15) is 5.21 Å². The first-order valence-corrected chi connectivity index (χ1v) is 4.10. The molecule has 0 spiro atoms. The van der Waals surface area contributed by atoms with E-state index in [2.05, 4.69) is 35.9 Å². The van der Waals surface area contributed by atoms with Gasteiger partial charge in [-0.3, -0.25) is 0 Å². The number of rotatable bonds is 3. The van der Waals surface area contributed by atoms with Gasteiger partial charge < -0.3 is 5.32 Å². The van der Waals surface area contributed by atoms with Crippen molar-refractivity contribution in [2.75, 3.05) is 5.32 Å². The van der Waals surface area contributed by atoms with Crippen LogP contribution in [0.4, 0.5) is 5.82 Å². The smallest absolute Gasteiger partial charge is 0.193 e. The maximum absolute atomic E-state index is 4.16. The van der Waals surface area contributed by atoms with Crippen molar-refractivity contribution in [1.82, 2.24) is 30.6 Å². The maximum Gasteiger partial charge on any atom is 0.193 e. The highest BCUT2D eigenvalue weighted by molar-refractivity contribution is 5.32. The Labute approximate surface area is 80.0 Å². The van der Waals surface area contributed by atoms with Gasteiger partial charge >= 0.3 is 0 Å². The van der Waals surface area contributed by atoms with Crippen LogP contribution in [-0.2, 0) is 6.54 Å². The number of hydrogen-bond donors (Lipinski definition) is 2. The van der Waals surface area contributed by atoms with E-state index in [1.54, 1.807) is 12.3 Å². The van der Waals surface area contributed by atoms with Crippen LogP contribution >= 0.6 is 0 Å². The lowest BCUT2D eigenvalue weighted by Crippen LogP contribution is -2.04. The van der Waals surface area contributed by atoms with Crippen molar-refractivity contribution < 1.29 is 0 Å². The zero-order valence-corrected chi connectivity index (χ0v) is 7.60. The quantitative estimate of drug-likeness (QED) is 0.704. The Hall–Kier alpha value is -2.05. The third-order valence-corrected chi connectivity index (χ3v) is 1.59. The first-order chi connectivity index (χ1) is 6.84. The Kier molecular flexibility index (Phi) is 2.30. The van der Waals surface area contributed by atoms with E-state index in [4.69, 9.17) is 0 Å². The van der Waals surface area contributed by atoms with Crippen molar-refractivity contribution in [2.24, 2.45) is 0 Å². The molecule has 0 aliphatic rings. The molecular weight excluding hydrogens is 182 g/mol. The van der Waals surface area contributed by atoms with Crippen LogP contribution in [0.1, 0.15) is 11.6 Å². The van der Waals surface area contributed by atoms with E-state index in [9.17, 15) is 0 Å². The van der Waals surface area contributed by atoms with Crippen LogP contribution in [0, 0.1) is 6.92 Å². The molecule has 0 aliphatic heterocycles. The van der Waals surface area contributed by atoms with Crippen LogP contribution in [-0.4, -0.2) is 30.6 Å². The fourth-order valence-electron chi connectivity index (χ4n) is 0.982. The molecule has 7 heteroatoms. The third kappa shape index (κ3) is 2.00. The highest BCUT2D eigenvalue weighted by Gasteiger charge is 1.98. The summed E-state index contributed by atoms with van der Waals surface area (Å²) in [6.45, 7) is 2.33. The molecule has 7 nitrogen and oxygen atoms in total. The number of H-pyrrole nitrogens is 1. The second-order valence-corrected chi connectivity index (χ2v) is 2.67. The molecule has 0 fully saturated rings. The zero-order valence-electron chi connectivity index (χ0n) is 7.60. The average Bonchev–Trinajstić information content (AvgIpc) is 2.67. The first-order valence-electron chi connectivity index (χ1n) is 4.10. The van der Waals surface area contributed by atoms with E-state index < -0.39 is 0 Å². The topological polar surface area (TPSA) is 92.3 Å². The van der Waals surface area contributed by atoms with E-state index in [0.29, 0.717) is 12.4 Å². The molecule has 2 aromatic rings. The van der Waals surface area contributed by atoms with Gasteiger partial charge in [-0.15, -0.1) is 10.2 Å². The molecule has 2 N–H and O–H groups in total. The van der Waals surface area contributed by atoms with Crippen molar-refractivity contribution in [1.29, 1.82) is 0 Å². The summed E-state index contributed by atoms with van der Waals surface area (Å²) in [4.78, 5) is 8.15. The number of aryl methyl sites for hydroxylation is 1. The number of aromatic amines is 1. The Morgan fingerprint density at radius 3 is 3.14 bits per heavy atom. The molecule has 0 atom stereocenters. The molecule has 0 unspecified atom stereocenters. The summed E-state index contributed by atoms with van der Waals surface area (Å²) in [7, 11) is 0. The lowest BCUT2D eigenvalue weighted by atomic mass is 10.5. The summed E-state index contributed by atoms with van der Waals surface area (Å²) in [6, 6.07) is 1.78. The molecule has 0 amide bonds. The molecule has 0 aromatic carbocycles. The highest BCUT2D eigenvalue weighted by atomic mass is 15.5. The van der Waals surface area contributed by atoms with Gasteiger partial charge in [0.25, 0.3) is 0 Å². The number of tetrazole rings is 1. The number of nitrogens with one attached hydrogen (secondary N) is 2. The number of aromatic nitrogens is 6. The molecule has 2 rings (SSSR count). The summed E-state index contributed by atoms with van der Waals surface area (Å²) in [5, 5.41) is 16.5. The van der Waals surface area contributed by atoms with Gasteiger partial charge in [-0.05, 0) is 13.0 Å². The highest BCUT2D eigenvalue weighted by Crippen LogP contribution is 2.01. The van der Waals surface area contributed by atoms with E-state index in [1.165, 1.54) is 0 Å². The Balaban J connectivity index is 1.98. The standard InChI is InChI=1S/C7H9N7/c1-5-8-3-2-6(10-5)9-4-7-11-13-14-12-7/h2-3H,4H2,1H3,(H,8,9,10)(H,11,12,13,14). The van der Waals surface area contributed by atoms with Crippen molar-refractivity contribution in [2.45, 2.75) is 13.5 Å². The van der Waals surface area contributed by atoms with Crippen molar-refractivity contribution in [3.63, 3.8) is 0 Å². The van der Waals surface area contributed by atoms with Crippen LogP contribution in [0.5, 0.6) is 0 Å². The first kappa shape index (κ1) is 8.54. The molecule has 0 bridgehead atoms. The minimum Gasteiger partial charge on any atom is -0.363 e. The van der Waals surface area contributed by atoms with Gasteiger partial charge in [0, 0.05) is 6.20 Å². The van der Waals surface area contributed by atoms with E-state index in [0.717, 1.165) is 11.6 Å². The van der Waals surface area contributed by atoms with Gasteiger partial charge in [0.15, 0.2) is 5.82 Å². The van der Waals surface area contributed by atoms with Crippen LogP contribution in [0.3, 0.4) is 0 Å². The predicted octanol–water partition coefficient (Wildman–Crippen LogP) is -0.0898. The molecule has 0 aliphatic carbocycles. The Bertz CT molecular complexity index is 396. The van der Waals surface area contributed by atoms with Crippen LogP contribution in [0.15, 0.2) is 12.3 Å². The molecule has 0 saturated carbocycles. The molecule has 14 heavy (non-hydrogen) atoms. The molecule has 0 saturated heterocycles. The van der Waals surface area contributed by atoms with Crippen molar-refractivity contribution in [3.05, 3.63) is 23.9 Å². The normalized spacial score (nSPS) is 10.1. The van der Waals surface area contributed by atoms with Gasteiger partial charge in [0.05, 0.1) is 6.54 Å². The monoisotopic (exact) mass is 191 g/mol. The number of hydrogen-bond acceptors (Lipinski definition) is 6. The summed E-state index contributed by atoms with van der Waals surface area (Å²) < 4.78 is 0. The third-order valence-electron chi connectivity index (χ3n) is 1.59. The van der Waals surface area contributed by atoms with Gasteiger partial charge in [-0.1, -0.05) is 5.21 Å². The summed E-state index contributed by atoms with van der Waals surface area (Å²) in [6.07, 6.45) is 1.70. The second kappa shape index (κ2) is 3.77. The number of anilines is 1. The Morgan fingerprint density at radius 1 is 1.50 bits per heavy atom. The maximum atomic E-state index is 4.16. The van der Waals surface area contributed by atoms with Crippen molar-refractivity contribution >= 4 is 5.82 Å². The van der Waals surface area contributed by atoms with Crippen LogP contribution in [0.25, 0.3) is 0 Å². The SMILES string of the molecule is Cc1nccc(NCc2nn[nH]n2)n1. The predicted molar refractivity (Wildman–Crippen MR) is 48.3 cm³/mol. The minimum atomic E-state index is 0.493. The Morgan fingerprint density at radius 2 is 2.43 bits per heavy atom. The van der Waals surface area contributed by atoms with E-state index in [-0.39, 0.29) is 0 Å². The molecule has 72 valence electrons. The second-order valence-electron chi connectivity index (χ2n) is 2.67. The lowest BCUT2D eigenvalue weighted by Gasteiger charge is -2.01. The van der Waals surface area contributed by atoms with E-state index in [1.807, 2.05) is 6.92 Å². The largest absolute Gasteiger partial charge is 0.363 e. The molecule has 2 heterocycles. The fourth-order valence-corrected chi connectivity index (χ4v) is 0.982. The molecular formula is C7H9N7. The van der Waals surface area contributed by atoms with Gasteiger partial charge in [0.2, 0.25) is 0 Å². The summed E-state index contributed by atoms with van der Waals surface area (Å²) in [5.74, 6) is 2.08. The minimum absolute atomic E-state index is 0.493. The van der Waals surface area contributed by atoms with E-state index >= 15 is 0 Å². The van der Waals surface area contributed by atoms with Crippen LogP contribution < -0.4 is 5.32 Å². The summed E-state index contributed by atoms with van der Waals surface area (Å²) >= 11 is 0. The molecule has 2 aromatic heterocycles. The van der Waals surface area contributed by atoms with Gasteiger partial charge in [-0.25, -0.2) is 9.97 Å². The zero-order chi connectivity index (χ0) is 9.80. The average molecular weight is 191 g/mol. The van der Waals surface area contributed by atoms with Gasteiger partial charge in [0.1, 0.15) is 11.6 Å². The lowest BCUT2D eigenvalue weighted by molar-refractivity contribution is 0.881. The van der Waals surface area contributed by atoms with Crippen LogP contribution in [0.2, 0.25) is 0 Å². The summed E-state index contributed by atoms with van der Waals surface area (Å²) in [5.41, 5.74) is 0. The number of nitrogens with zero attached hydrogens (tertiary/aromatic N) is 5. The fraction of sp³-hybridized carbons (Fsp3) is 0.286.